The Bertz CT molecular complexity index is 276. The molecule has 1 unspecified atom stereocenters. The molecule has 3 heteroatoms. The summed E-state index contributed by atoms with van der Waals surface area (Å²) in [5, 5.41) is 13.8. The molecule has 3 nitrogen and oxygen atoms in total. The highest BCUT2D eigenvalue weighted by Gasteiger charge is 2.45. The molecule has 1 spiro atoms. The van der Waals surface area contributed by atoms with Crippen molar-refractivity contribution >= 4 is 0 Å². The molecule has 0 bridgehead atoms. The Morgan fingerprint density at radius 2 is 1.88 bits per heavy atom. The van der Waals surface area contributed by atoms with Crippen molar-refractivity contribution in [3.8, 4) is 0 Å². The molecule has 17 heavy (non-hydrogen) atoms. The minimum Gasteiger partial charge on any atom is -0.389 e. The summed E-state index contributed by atoms with van der Waals surface area (Å²) in [5.74, 6) is 0. The number of hydrogen-bond acceptors (Lipinski definition) is 3. The van der Waals surface area contributed by atoms with Crippen molar-refractivity contribution in [2.75, 3.05) is 6.61 Å². The lowest BCUT2D eigenvalue weighted by Gasteiger charge is -2.50. The highest BCUT2D eigenvalue weighted by molar-refractivity contribution is 5.01. The maximum absolute atomic E-state index is 10.2. The number of nitrogens with one attached hydrogen (secondary N) is 1. The van der Waals surface area contributed by atoms with E-state index < -0.39 is 5.60 Å². The maximum Gasteiger partial charge on any atom is 0.0767 e. The van der Waals surface area contributed by atoms with Crippen molar-refractivity contribution in [1.29, 1.82) is 0 Å². The fourth-order valence-corrected chi connectivity index (χ4v) is 2.76. The summed E-state index contributed by atoms with van der Waals surface area (Å²) >= 11 is 0. The lowest BCUT2D eigenvalue weighted by atomic mass is 9.73. The number of ether oxygens (including phenoxy) is 1. The van der Waals surface area contributed by atoms with Crippen LogP contribution in [0.1, 0.15) is 59.8 Å². The first-order valence-corrected chi connectivity index (χ1v) is 6.88. The van der Waals surface area contributed by atoms with Crippen LogP contribution >= 0.6 is 0 Å². The lowest BCUT2D eigenvalue weighted by Crippen LogP contribution is -2.62. The van der Waals surface area contributed by atoms with E-state index in [0.29, 0.717) is 6.04 Å². The topological polar surface area (TPSA) is 41.5 Å². The highest BCUT2D eigenvalue weighted by Crippen LogP contribution is 2.42. The van der Waals surface area contributed by atoms with E-state index in [9.17, 15) is 5.11 Å². The van der Waals surface area contributed by atoms with Crippen LogP contribution in [0.25, 0.3) is 0 Å². The number of aliphatic hydroxyl groups is 1. The monoisotopic (exact) mass is 241 g/mol. The molecule has 1 saturated heterocycles. The van der Waals surface area contributed by atoms with Crippen LogP contribution in [0.5, 0.6) is 0 Å². The molecule has 0 amide bonds. The van der Waals surface area contributed by atoms with Crippen molar-refractivity contribution in [2.45, 2.75) is 82.6 Å². The van der Waals surface area contributed by atoms with Crippen LogP contribution in [0.3, 0.4) is 0 Å². The van der Waals surface area contributed by atoms with Crippen molar-refractivity contribution in [1.82, 2.24) is 5.32 Å². The molecule has 0 radical (unpaired) electrons. The van der Waals surface area contributed by atoms with E-state index >= 15 is 0 Å². The fraction of sp³-hybridized carbons (Fsp3) is 1.00. The van der Waals surface area contributed by atoms with Gasteiger partial charge in [-0.15, -0.1) is 0 Å². The average molecular weight is 241 g/mol. The minimum atomic E-state index is -0.710. The van der Waals surface area contributed by atoms with Gasteiger partial charge in [-0.1, -0.05) is 0 Å². The third-order valence-electron chi connectivity index (χ3n) is 4.85. The van der Waals surface area contributed by atoms with Gasteiger partial charge < -0.3 is 15.2 Å². The summed E-state index contributed by atoms with van der Waals surface area (Å²) < 4.78 is 5.93. The molecule has 1 aliphatic heterocycles. The van der Waals surface area contributed by atoms with Crippen molar-refractivity contribution in [3.63, 3.8) is 0 Å². The van der Waals surface area contributed by atoms with Gasteiger partial charge in [0.25, 0.3) is 0 Å². The van der Waals surface area contributed by atoms with Gasteiger partial charge in [0.2, 0.25) is 0 Å². The number of hydrogen-bond donors (Lipinski definition) is 2. The highest BCUT2D eigenvalue weighted by atomic mass is 16.5. The van der Waals surface area contributed by atoms with Crippen LogP contribution in [0, 0.1) is 0 Å². The molecule has 0 aromatic rings. The molecular formula is C14H27NO2. The molecule has 2 rings (SSSR count). The van der Waals surface area contributed by atoms with Crippen LogP contribution in [-0.2, 0) is 4.74 Å². The van der Waals surface area contributed by atoms with Crippen LogP contribution in [0.2, 0.25) is 0 Å². The summed E-state index contributed by atoms with van der Waals surface area (Å²) in [7, 11) is 0. The molecule has 0 aromatic heterocycles. The molecule has 100 valence electrons. The van der Waals surface area contributed by atoms with Gasteiger partial charge in [0.1, 0.15) is 0 Å². The molecule has 2 N–H and O–H groups in total. The Balaban J connectivity index is 1.95. The van der Waals surface area contributed by atoms with Crippen molar-refractivity contribution in [3.05, 3.63) is 0 Å². The smallest absolute Gasteiger partial charge is 0.0767 e. The molecule has 1 atom stereocenters. The second kappa shape index (κ2) is 4.22. The van der Waals surface area contributed by atoms with Crippen LogP contribution in [-0.4, -0.2) is 34.5 Å². The third-order valence-corrected chi connectivity index (χ3v) is 4.85. The Labute approximate surface area is 105 Å². The molecule has 1 aliphatic carbocycles. The summed E-state index contributed by atoms with van der Waals surface area (Å²) in [6, 6.07) is 0.477. The van der Waals surface area contributed by atoms with E-state index in [1.807, 2.05) is 13.8 Å². The third kappa shape index (κ3) is 2.67. The van der Waals surface area contributed by atoms with Crippen LogP contribution < -0.4 is 5.32 Å². The normalized spacial score (nSPS) is 29.1. The first-order valence-electron chi connectivity index (χ1n) is 6.88. The lowest BCUT2D eigenvalue weighted by molar-refractivity contribution is -0.141. The summed E-state index contributed by atoms with van der Waals surface area (Å²) in [6.07, 6.45) is 5.90. The van der Waals surface area contributed by atoms with Gasteiger partial charge in [0.15, 0.2) is 0 Å². The van der Waals surface area contributed by atoms with Gasteiger partial charge in [-0.2, -0.15) is 0 Å². The van der Waals surface area contributed by atoms with Gasteiger partial charge in [0, 0.05) is 18.2 Å². The Morgan fingerprint density at radius 1 is 1.24 bits per heavy atom. The molecule has 0 aromatic carbocycles. The largest absolute Gasteiger partial charge is 0.389 e. The van der Waals surface area contributed by atoms with Gasteiger partial charge in [-0.25, -0.2) is 0 Å². The van der Waals surface area contributed by atoms with Crippen LogP contribution in [0.15, 0.2) is 0 Å². The van der Waals surface area contributed by atoms with E-state index in [2.05, 4.69) is 19.2 Å². The number of rotatable bonds is 3. The van der Waals surface area contributed by atoms with E-state index in [0.717, 1.165) is 19.4 Å². The van der Waals surface area contributed by atoms with E-state index in [-0.39, 0.29) is 11.1 Å². The van der Waals surface area contributed by atoms with Crippen molar-refractivity contribution < 1.29 is 9.84 Å². The average Bonchev–Trinajstić information content (AvgIpc) is 2.13. The van der Waals surface area contributed by atoms with Crippen LogP contribution in [0.4, 0.5) is 0 Å². The predicted octanol–water partition coefficient (Wildman–Crippen LogP) is 2.23. The Hall–Kier alpha value is -0.120. The Morgan fingerprint density at radius 3 is 2.35 bits per heavy atom. The van der Waals surface area contributed by atoms with E-state index in [1.165, 1.54) is 19.3 Å². The van der Waals surface area contributed by atoms with E-state index in [4.69, 9.17) is 4.74 Å². The van der Waals surface area contributed by atoms with Crippen molar-refractivity contribution in [2.24, 2.45) is 0 Å². The zero-order valence-electron chi connectivity index (χ0n) is 11.7. The zero-order valence-corrected chi connectivity index (χ0v) is 11.7. The van der Waals surface area contributed by atoms with E-state index in [1.54, 1.807) is 0 Å². The molecule has 1 saturated carbocycles. The molecular weight excluding hydrogens is 214 g/mol. The van der Waals surface area contributed by atoms with Gasteiger partial charge in [-0.05, 0) is 59.8 Å². The molecule has 1 heterocycles. The predicted molar refractivity (Wildman–Crippen MR) is 69.1 cm³/mol. The molecule has 2 aliphatic rings. The SMILES string of the molecule is CC(C)(O)C(C)(C)NC1CCOC2(CCC2)C1. The van der Waals surface area contributed by atoms with Gasteiger partial charge in [0.05, 0.1) is 11.2 Å². The first-order chi connectivity index (χ1) is 7.74. The minimum absolute atomic E-state index is 0.172. The fourth-order valence-electron chi connectivity index (χ4n) is 2.76. The quantitative estimate of drug-likeness (QED) is 0.796. The van der Waals surface area contributed by atoms with Gasteiger partial charge in [-0.3, -0.25) is 0 Å². The Kier molecular flexibility index (Phi) is 3.30. The zero-order chi connectivity index (χ0) is 12.7. The summed E-state index contributed by atoms with van der Waals surface area (Å²) in [4.78, 5) is 0. The second-order valence-electron chi connectivity index (χ2n) is 6.90. The summed E-state index contributed by atoms with van der Waals surface area (Å²) in [5.41, 5.74) is -0.802. The first kappa shape index (κ1) is 13.3. The maximum atomic E-state index is 10.2. The second-order valence-corrected chi connectivity index (χ2v) is 6.90. The molecule has 2 fully saturated rings. The standard InChI is InChI=1S/C14H27NO2/c1-12(2,13(3,4)16)15-11-6-9-17-14(10-11)7-5-8-14/h11,15-16H,5-10H2,1-4H3. The van der Waals surface area contributed by atoms with Gasteiger partial charge >= 0.3 is 0 Å². The summed E-state index contributed by atoms with van der Waals surface area (Å²) in [6.45, 7) is 8.77.